The number of carboxylic acid groups (broad SMARTS) is 1. The number of hydrogen-bond acceptors (Lipinski definition) is 3. The summed E-state index contributed by atoms with van der Waals surface area (Å²) in [5.41, 5.74) is 3.64. The number of nitrogens with zero attached hydrogens (tertiary/aromatic N) is 1. The molecule has 0 spiro atoms. The number of amides is 1. The molecule has 1 radical (unpaired) electrons. The van der Waals surface area contributed by atoms with Crippen molar-refractivity contribution < 1.29 is 47.4 Å². The van der Waals surface area contributed by atoms with Gasteiger partial charge in [0.15, 0.2) is 0 Å². The van der Waals surface area contributed by atoms with Crippen molar-refractivity contribution in [3.8, 4) is 0 Å². The molecule has 89 valence electrons. The molecule has 0 heterocycles. The molecule has 1 atom stereocenters. The minimum atomic E-state index is -1.07. The summed E-state index contributed by atoms with van der Waals surface area (Å²) in [5, 5.41) is 11.2. The Bertz CT molecular complexity index is 258. The number of rotatable bonds is 7. The van der Waals surface area contributed by atoms with Gasteiger partial charge in [-0.1, -0.05) is 13.0 Å². The third-order valence-corrected chi connectivity index (χ3v) is 1.77. The monoisotopic (exact) mass is 303 g/mol. The molecule has 7 heteroatoms. The summed E-state index contributed by atoms with van der Waals surface area (Å²) in [5.74, 6) is 3.40. The van der Waals surface area contributed by atoms with Gasteiger partial charge in [-0.25, -0.2) is 4.79 Å². The number of carbonyl (C=O) groups is 2. The zero-order valence-electron chi connectivity index (χ0n) is 9.27. The average Bonchev–Trinajstić information content (AvgIpc) is 2.15. The van der Waals surface area contributed by atoms with Crippen molar-refractivity contribution in [2.45, 2.75) is 25.8 Å². The Hall–Kier alpha value is -0.296. The summed E-state index contributed by atoms with van der Waals surface area (Å²) in [7, 11) is 0. The summed E-state index contributed by atoms with van der Waals surface area (Å²) in [6.07, 6.45) is 0.818. The first-order valence-electron chi connectivity index (χ1n) is 4.55. The van der Waals surface area contributed by atoms with Gasteiger partial charge in [0.05, 0.1) is 0 Å². The summed E-state index contributed by atoms with van der Waals surface area (Å²) < 4.78 is 0. The van der Waals surface area contributed by atoms with Crippen molar-refractivity contribution in [1.82, 2.24) is 5.32 Å². The maximum atomic E-state index is 11.2. The number of aliphatic carboxylic acids is 1. The molecule has 4 N–H and O–H groups in total. The molecule has 0 aromatic carbocycles. The van der Waals surface area contributed by atoms with Crippen LogP contribution in [0.3, 0.4) is 0 Å². The van der Waals surface area contributed by atoms with Crippen LogP contribution in [0.5, 0.6) is 0 Å². The van der Waals surface area contributed by atoms with Crippen molar-refractivity contribution in [2.24, 2.45) is 5.84 Å². The molecule has 0 aliphatic heterocycles. The SMILES string of the molecule is C=C(C)C(=O)NC(CCC[N-]N)C(=O)O.[Y]. The maximum Gasteiger partial charge on any atom is 0.326 e. The molecule has 0 rings (SSSR count). The first-order chi connectivity index (χ1) is 6.99. The largest absolute Gasteiger partial charge is 0.600 e. The molecule has 0 aliphatic rings. The van der Waals surface area contributed by atoms with E-state index in [1.807, 2.05) is 0 Å². The van der Waals surface area contributed by atoms with Crippen LogP contribution in [-0.2, 0) is 42.3 Å². The fraction of sp³-hybridized carbons (Fsp3) is 0.556. The molecule has 0 aromatic rings. The van der Waals surface area contributed by atoms with Crippen molar-refractivity contribution >= 4 is 11.9 Å². The van der Waals surface area contributed by atoms with Crippen LogP contribution in [0.25, 0.3) is 5.43 Å². The van der Waals surface area contributed by atoms with Gasteiger partial charge in [-0.15, -0.1) is 6.54 Å². The van der Waals surface area contributed by atoms with Gasteiger partial charge in [-0.2, -0.15) is 0 Å². The molecular formula is C9H16N3O3Y-. The standard InChI is InChI=1S/C9H16N3O3.Y/c1-6(2)8(13)12-7(9(14)15)4-3-5-11-10;/h7H,1,3-5,10H2,2H3,(H,12,13)(H,14,15);/q-1;. The van der Waals surface area contributed by atoms with E-state index >= 15 is 0 Å². The van der Waals surface area contributed by atoms with Crippen molar-refractivity contribution in [2.75, 3.05) is 6.54 Å². The molecule has 1 amide bonds. The van der Waals surface area contributed by atoms with Gasteiger partial charge in [0.25, 0.3) is 0 Å². The third kappa shape index (κ3) is 7.93. The first kappa shape index (κ1) is 18.1. The second kappa shape index (κ2) is 9.90. The van der Waals surface area contributed by atoms with Gasteiger partial charge in [-0.05, 0) is 13.3 Å². The Morgan fingerprint density at radius 1 is 1.56 bits per heavy atom. The number of hydrogen-bond donors (Lipinski definition) is 3. The molecular weight excluding hydrogens is 287 g/mol. The molecule has 0 aromatic heterocycles. The predicted octanol–water partition coefficient (Wildman–Crippen LogP) is 0.157. The van der Waals surface area contributed by atoms with E-state index in [1.54, 1.807) is 0 Å². The smallest absolute Gasteiger partial charge is 0.326 e. The topological polar surface area (TPSA) is 107 Å². The molecule has 0 saturated carbocycles. The first-order valence-corrected chi connectivity index (χ1v) is 4.55. The molecule has 1 unspecified atom stereocenters. The van der Waals surface area contributed by atoms with Crippen LogP contribution in [-0.4, -0.2) is 29.6 Å². The Labute approximate surface area is 120 Å². The molecule has 0 aliphatic carbocycles. The molecule has 6 nitrogen and oxygen atoms in total. The van der Waals surface area contributed by atoms with Crippen LogP contribution in [0.4, 0.5) is 0 Å². The minimum absolute atomic E-state index is 0. The quantitative estimate of drug-likeness (QED) is 0.269. The van der Waals surface area contributed by atoms with Crippen LogP contribution in [0.15, 0.2) is 12.2 Å². The summed E-state index contributed by atoms with van der Waals surface area (Å²) in [4.78, 5) is 21.9. The molecule has 16 heavy (non-hydrogen) atoms. The second-order valence-corrected chi connectivity index (χ2v) is 3.19. The van der Waals surface area contributed by atoms with E-state index in [2.05, 4.69) is 17.3 Å². The van der Waals surface area contributed by atoms with Gasteiger partial charge in [0.1, 0.15) is 6.04 Å². The molecule has 0 fully saturated rings. The third-order valence-electron chi connectivity index (χ3n) is 1.77. The van der Waals surface area contributed by atoms with Gasteiger partial charge < -0.3 is 21.7 Å². The van der Waals surface area contributed by atoms with Gasteiger partial charge in [-0.3, -0.25) is 4.79 Å². The van der Waals surface area contributed by atoms with Gasteiger partial charge >= 0.3 is 5.97 Å². The maximum absolute atomic E-state index is 11.2. The normalized spacial score (nSPS) is 11.1. The summed E-state index contributed by atoms with van der Waals surface area (Å²) in [6, 6.07) is -0.907. The van der Waals surface area contributed by atoms with Crippen molar-refractivity contribution in [3.63, 3.8) is 0 Å². The van der Waals surface area contributed by atoms with Crippen LogP contribution in [0.1, 0.15) is 19.8 Å². The van der Waals surface area contributed by atoms with E-state index in [1.165, 1.54) is 6.92 Å². The number of nitrogens with one attached hydrogen (secondary N) is 1. The molecule has 0 saturated heterocycles. The summed E-state index contributed by atoms with van der Waals surface area (Å²) >= 11 is 0. The number of carboxylic acids is 1. The summed E-state index contributed by atoms with van der Waals surface area (Å²) in [6.45, 7) is 5.32. The van der Waals surface area contributed by atoms with E-state index in [4.69, 9.17) is 10.9 Å². The zero-order chi connectivity index (χ0) is 11.8. The molecule has 0 bridgehead atoms. The van der Waals surface area contributed by atoms with Crippen LogP contribution in [0, 0.1) is 0 Å². The van der Waals surface area contributed by atoms with Crippen molar-refractivity contribution in [3.05, 3.63) is 17.6 Å². The van der Waals surface area contributed by atoms with Crippen LogP contribution >= 0.6 is 0 Å². The van der Waals surface area contributed by atoms with Gasteiger partial charge in [0.2, 0.25) is 5.91 Å². The predicted molar refractivity (Wildman–Crippen MR) is 56.0 cm³/mol. The van der Waals surface area contributed by atoms with Gasteiger partial charge in [0, 0.05) is 38.3 Å². The van der Waals surface area contributed by atoms with E-state index in [9.17, 15) is 9.59 Å². The minimum Gasteiger partial charge on any atom is -0.600 e. The number of nitrogens with two attached hydrogens (primary N) is 1. The second-order valence-electron chi connectivity index (χ2n) is 3.19. The Balaban J connectivity index is 0. The van der Waals surface area contributed by atoms with Crippen molar-refractivity contribution in [1.29, 1.82) is 0 Å². The Morgan fingerprint density at radius 3 is 2.50 bits per heavy atom. The van der Waals surface area contributed by atoms with E-state index in [0.717, 1.165) is 0 Å². The van der Waals surface area contributed by atoms with E-state index in [0.29, 0.717) is 19.4 Å². The zero-order valence-corrected chi connectivity index (χ0v) is 12.1. The average molecular weight is 303 g/mol. The van der Waals surface area contributed by atoms with Crippen LogP contribution in [0.2, 0.25) is 0 Å². The Kier molecular flexibility index (Phi) is 11.2. The Morgan fingerprint density at radius 2 is 2.12 bits per heavy atom. The van der Waals surface area contributed by atoms with E-state index < -0.39 is 17.9 Å². The fourth-order valence-corrected chi connectivity index (χ4v) is 0.926. The van der Waals surface area contributed by atoms with Crippen LogP contribution < -0.4 is 11.2 Å². The van der Waals surface area contributed by atoms with E-state index in [-0.39, 0.29) is 38.3 Å². The fourth-order valence-electron chi connectivity index (χ4n) is 0.926. The number of carbonyl (C=O) groups excluding carboxylic acids is 1.